The Labute approximate surface area is 341 Å². The van der Waals surface area contributed by atoms with E-state index in [-0.39, 0.29) is 0 Å². The van der Waals surface area contributed by atoms with Crippen LogP contribution < -0.4 is 0 Å². The molecule has 11 aromatic rings. The van der Waals surface area contributed by atoms with E-state index in [9.17, 15) is 0 Å². The maximum Gasteiger partial charge on any atom is 0.227 e. The van der Waals surface area contributed by atoms with Crippen LogP contribution in [0.2, 0.25) is 0 Å². The SMILES string of the molecule is c1ccc(-c2cccc(-c3ccc(-c4nc(-c5cccc(-c6cccc7ccc8nc(-c9ccccc9)oc8c67)c5)nc(-c5ccc6ccccc6c5)n4)cc3)c2)cc1. The molecule has 0 bridgehead atoms. The molecule has 2 aromatic heterocycles. The lowest BCUT2D eigenvalue weighted by Gasteiger charge is -2.12. The van der Waals surface area contributed by atoms with Gasteiger partial charge in [0.15, 0.2) is 23.1 Å². The zero-order valence-electron chi connectivity index (χ0n) is 31.8. The Morgan fingerprint density at radius 2 is 0.780 bits per heavy atom. The van der Waals surface area contributed by atoms with Crippen LogP contribution in [0.15, 0.2) is 211 Å². The summed E-state index contributed by atoms with van der Waals surface area (Å²) in [6.45, 7) is 0. The van der Waals surface area contributed by atoms with Crippen LogP contribution in [0.5, 0.6) is 0 Å². The molecule has 11 rings (SSSR count). The Kier molecular flexibility index (Phi) is 8.41. The fourth-order valence-corrected chi connectivity index (χ4v) is 7.94. The third-order valence-corrected chi connectivity index (χ3v) is 10.9. The summed E-state index contributed by atoms with van der Waals surface area (Å²) in [6.07, 6.45) is 0. The van der Waals surface area contributed by atoms with Crippen molar-refractivity contribution in [2.24, 2.45) is 0 Å². The first kappa shape index (κ1) is 34.2. The summed E-state index contributed by atoms with van der Waals surface area (Å²) in [4.78, 5) is 20.3. The van der Waals surface area contributed by atoms with Gasteiger partial charge in [-0.15, -0.1) is 0 Å². The second-order valence-electron chi connectivity index (χ2n) is 14.7. The molecular weight excluding hydrogens is 721 g/mol. The molecular formula is C54H34N4O. The van der Waals surface area contributed by atoms with Gasteiger partial charge in [-0.2, -0.15) is 0 Å². The predicted octanol–water partition coefficient (Wildman–Crippen LogP) is 14.0. The minimum absolute atomic E-state index is 0.594. The van der Waals surface area contributed by atoms with Crippen LogP contribution in [0.4, 0.5) is 0 Å². The zero-order chi connectivity index (χ0) is 39.1. The van der Waals surface area contributed by atoms with E-state index in [1.54, 1.807) is 0 Å². The number of oxazole rings is 1. The molecule has 9 aromatic carbocycles. The monoisotopic (exact) mass is 754 g/mol. The topological polar surface area (TPSA) is 64.7 Å². The number of fused-ring (bicyclic) bond motifs is 4. The first-order valence-corrected chi connectivity index (χ1v) is 19.7. The molecule has 5 nitrogen and oxygen atoms in total. The van der Waals surface area contributed by atoms with E-state index in [2.05, 4.69) is 164 Å². The number of rotatable bonds is 7. The first-order valence-electron chi connectivity index (χ1n) is 19.7. The van der Waals surface area contributed by atoms with Gasteiger partial charge in [-0.25, -0.2) is 19.9 Å². The molecule has 0 unspecified atom stereocenters. The third kappa shape index (κ3) is 6.51. The van der Waals surface area contributed by atoms with Crippen molar-refractivity contribution in [2.75, 3.05) is 0 Å². The van der Waals surface area contributed by atoms with Crippen molar-refractivity contribution in [2.45, 2.75) is 0 Å². The Morgan fingerprint density at radius 1 is 0.288 bits per heavy atom. The molecule has 0 atom stereocenters. The van der Waals surface area contributed by atoms with Gasteiger partial charge < -0.3 is 4.42 Å². The molecule has 0 spiro atoms. The summed E-state index contributed by atoms with van der Waals surface area (Å²) >= 11 is 0. The zero-order valence-corrected chi connectivity index (χ0v) is 31.8. The van der Waals surface area contributed by atoms with Gasteiger partial charge in [0, 0.05) is 27.6 Å². The number of nitrogens with zero attached hydrogens (tertiary/aromatic N) is 4. The van der Waals surface area contributed by atoms with Gasteiger partial charge in [-0.1, -0.05) is 170 Å². The molecule has 0 radical (unpaired) electrons. The Hall–Kier alpha value is -8.02. The van der Waals surface area contributed by atoms with Crippen LogP contribution in [0, 0.1) is 0 Å². The van der Waals surface area contributed by atoms with Crippen molar-refractivity contribution in [1.29, 1.82) is 0 Å². The van der Waals surface area contributed by atoms with Crippen molar-refractivity contribution < 1.29 is 4.42 Å². The third-order valence-electron chi connectivity index (χ3n) is 10.9. The van der Waals surface area contributed by atoms with E-state index in [1.165, 1.54) is 11.1 Å². The van der Waals surface area contributed by atoms with E-state index in [0.29, 0.717) is 23.4 Å². The average molecular weight is 755 g/mol. The second kappa shape index (κ2) is 14.5. The predicted molar refractivity (Wildman–Crippen MR) is 240 cm³/mol. The normalized spacial score (nSPS) is 11.4. The van der Waals surface area contributed by atoms with Crippen LogP contribution in [0.1, 0.15) is 0 Å². The molecule has 59 heavy (non-hydrogen) atoms. The molecule has 0 N–H and O–H groups in total. The summed E-state index contributed by atoms with van der Waals surface area (Å²) < 4.78 is 6.52. The van der Waals surface area contributed by atoms with Gasteiger partial charge in [-0.3, -0.25) is 0 Å². The highest BCUT2D eigenvalue weighted by atomic mass is 16.3. The molecule has 0 saturated heterocycles. The minimum Gasteiger partial charge on any atom is -0.435 e. The highest BCUT2D eigenvalue weighted by Crippen LogP contribution is 2.38. The molecule has 0 amide bonds. The number of hydrogen-bond donors (Lipinski definition) is 0. The van der Waals surface area contributed by atoms with E-state index < -0.39 is 0 Å². The molecule has 0 aliphatic heterocycles. The first-order chi connectivity index (χ1) is 29.2. The van der Waals surface area contributed by atoms with Gasteiger partial charge in [0.1, 0.15) is 5.52 Å². The average Bonchev–Trinajstić information content (AvgIpc) is 3.77. The van der Waals surface area contributed by atoms with E-state index >= 15 is 0 Å². The lowest BCUT2D eigenvalue weighted by molar-refractivity contribution is 0.623. The maximum atomic E-state index is 6.52. The number of aromatic nitrogens is 4. The number of benzene rings is 9. The number of hydrogen-bond acceptors (Lipinski definition) is 5. The molecule has 0 saturated carbocycles. The Morgan fingerprint density at radius 3 is 1.53 bits per heavy atom. The summed E-state index contributed by atoms with van der Waals surface area (Å²) in [6, 6.07) is 71.3. The summed E-state index contributed by atoms with van der Waals surface area (Å²) in [7, 11) is 0. The second-order valence-corrected chi connectivity index (χ2v) is 14.7. The molecule has 0 fully saturated rings. The van der Waals surface area contributed by atoms with Gasteiger partial charge in [0.25, 0.3) is 0 Å². The smallest absolute Gasteiger partial charge is 0.227 e. The van der Waals surface area contributed by atoms with Crippen molar-refractivity contribution in [3.8, 4) is 79.0 Å². The summed E-state index contributed by atoms with van der Waals surface area (Å²) in [5.74, 6) is 2.42. The molecule has 5 heteroatoms. The summed E-state index contributed by atoms with van der Waals surface area (Å²) in [5, 5.41) is 4.38. The van der Waals surface area contributed by atoms with Gasteiger partial charge in [-0.05, 0) is 85.9 Å². The largest absolute Gasteiger partial charge is 0.435 e. The van der Waals surface area contributed by atoms with Gasteiger partial charge >= 0.3 is 0 Å². The lowest BCUT2D eigenvalue weighted by atomic mass is 9.96. The lowest BCUT2D eigenvalue weighted by Crippen LogP contribution is -2.00. The van der Waals surface area contributed by atoms with Crippen LogP contribution >= 0.6 is 0 Å². The highest BCUT2D eigenvalue weighted by Gasteiger charge is 2.17. The van der Waals surface area contributed by atoms with Gasteiger partial charge in [0.05, 0.1) is 0 Å². The van der Waals surface area contributed by atoms with Crippen LogP contribution in [0.25, 0.3) is 112 Å². The molecule has 0 aliphatic rings. The van der Waals surface area contributed by atoms with E-state index in [1.807, 2.05) is 42.5 Å². The van der Waals surface area contributed by atoms with Crippen molar-refractivity contribution in [1.82, 2.24) is 19.9 Å². The minimum atomic E-state index is 0.594. The quantitative estimate of drug-likeness (QED) is 0.162. The van der Waals surface area contributed by atoms with Crippen LogP contribution in [-0.2, 0) is 0 Å². The van der Waals surface area contributed by atoms with Gasteiger partial charge in [0.2, 0.25) is 5.89 Å². The molecule has 276 valence electrons. The maximum absolute atomic E-state index is 6.52. The Balaban J connectivity index is 1.02. The standard InChI is InChI=1S/C54H34N4O/c1-3-12-35(13-4-1)42-19-9-20-43(32-42)37-24-27-39(28-25-37)51-56-52(58-53(57-51)46-29-26-36-14-7-8-17-41(36)33-46)45-22-10-21-44(34-45)47-23-11-18-38-30-31-48-50(49(38)47)59-54(55-48)40-15-5-2-6-16-40/h1-34H. The van der Waals surface area contributed by atoms with Crippen LogP contribution in [-0.4, -0.2) is 19.9 Å². The van der Waals surface area contributed by atoms with E-state index in [0.717, 1.165) is 77.2 Å². The summed E-state index contributed by atoms with van der Waals surface area (Å²) in [5.41, 5.74) is 11.9. The van der Waals surface area contributed by atoms with Crippen molar-refractivity contribution in [3.05, 3.63) is 206 Å². The molecule has 2 heterocycles. The molecule has 0 aliphatic carbocycles. The fraction of sp³-hybridized carbons (Fsp3) is 0. The Bertz CT molecular complexity index is 3320. The van der Waals surface area contributed by atoms with Crippen molar-refractivity contribution >= 4 is 32.6 Å². The highest BCUT2D eigenvalue weighted by molar-refractivity contribution is 6.11. The van der Waals surface area contributed by atoms with Crippen molar-refractivity contribution in [3.63, 3.8) is 0 Å². The van der Waals surface area contributed by atoms with E-state index in [4.69, 9.17) is 24.4 Å². The fourth-order valence-electron chi connectivity index (χ4n) is 7.94. The van der Waals surface area contributed by atoms with Crippen LogP contribution in [0.3, 0.4) is 0 Å².